The molecule has 0 radical (unpaired) electrons. The number of hydrogen-bond donors (Lipinski definition) is 2. The lowest BCUT2D eigenvalue weighted by molar-refractivity contribution is 0.314. The molecule has 4 aromatic rings. The number of benzene rings is 1. The number of hydrogen-bond acceptors (Lipinski definition) is 9. The van der Waals surface area contributed by atoms with E-state index in [4.69, 9.17) is 4.63 Å². The topological polar surface area (TPSA) is 102 Å². The van der Waals surface area contributed by atoms with Crippen molar-refractivity contribution in [3.8, 4) is 0 Å². The number of nitrogens with one attached hydrogen (secondary N) is 2. The van der Waals surface area contributed by atoms with Gasteiger partial charge in [-0.15, -0.1) is 11.3 Å². The fraction of sp³-hybridized carbons (Fsp3) is 0.188. The van der Waals surface area contributed by atoms with Crippen LogP contribution in [0.2, 0.25) is 0 Å². The van der Waals surface area contributed by atoms with Crippen molar-refractivity contribution in [3.63, 3.8) is 0 Å². The van der Waals surface area contributed by atoms with Crippen LogP contribution in [0.5, 0.6) is 0 Å². The lowest BCUT2D eigenvalue weighted by Gasteiger charge is -2.15. The van der Waals surface area contributed by atoms with Crippen LogP contribution in [0, 0.1) is 0 Å². The van der Waals surface area contributed by atoms with Gasteiger partial charge >= 0.3 is 0 Å². The maximum Gasteiger partial charge on any atom is 0.245 e. The number of nitrogens with zero attached hydrogens (tertiary/aromatic N) is 5. The first-order valence-electron chi connectivity index (χ1n) is 7.73. The van der Waals surface area contributed by atoms with Crippen LogP contribution in [0.15, 0.2) is 46.5 Å². The van der Waals surface area contributed by atoms with Gasteiger partial charge in [-0.3, -0.25) is 0 Å². The Kier molecular flexibility index (Phi) is 4.21. The monoisotopic (exact) mass is 353 g/mol. The zero-order valence-corrected chi connectivity index (χ0v) is 14.2. The highest BCUT2D eigenvalue weighted by molar-refractivity contribution is 7.09. The lowest BCUT2D eigenvalue weighted by Crippen LogP contribution is -2.12. The second kappa shape index (κ2) is 6.81. The van der Waals surface area contributed by atoms with E-state index in [1.165, 1.54) is 0 Å². The number of fused-ring (bicyclic) bond motifs is 1. The first-order chi connectivity index (χ1) is 12.3. The molecule has 0 amide bonds. The van der Waals surface area contributed by atoms with Crippen LogP contribution in [0.1, 0.15) is 23.5 Å². The molecule has 3 aromatic heterocycles. The summed E-state index contributed by atoms with van der Waals surface area (Å²) >= 11 is 1.58. The van der Waals surface area contributed by atoms with Crippen LogP contribution in [0.25, 0.3) is 11.3 Å². The largest absolute Gasteiger partial charge is 0.363 e. The highest BCUT2D eigenvalue weighted by Gasteiger charge is 2.16. The van der Waals surface area contributed by atoms with E-state index >= 15 is 0 Å². The molecule has 0 saturated heterocycles. The van der Waals surface area contributed by atoms with Gasteiger partial charge in [0.05, 0.1) is 6.04 Å². The maximum absolute atomic E-state index is 4.72. The summed E-state index contributed by atoms with van der Waals surface area (Å²) in [6.07, 6.45) is 1.78. The average Bonchev–Trinajstić information content (AvgIpc) is 3.32. The van der Waals surface area contributed by atoms with E-state index in [0.29, 0.717) is 29.5 Å². The molecule has 25 heavy (non-hydrogen) atoms. The van der Waals surface area contributed by atoms with Crippen molar-refractivity contribution >= 4 is 34.3 Å². The van der Waals surface area contributed by atoms with Crippen molar-refractivity contribution in [2.24, 2.45) is 0 Å². The quantitative estimate of drug-likeness (QED) is 0.545. The van der Waals surface area contributed by atoms with E-state index in [9.17, 15) is 0 Å². The molecule has 1 unspecified atom stereocenters. The van der Waals surface area contributed by atoms with Crippen molar-refractivity contribution in [2.45, 2.75) is 19.5 Å². The molecule has 2 N–H and O–H groups in total. The zero-order chi connectivity index (χ0) is 17.1. The summed E-state index contributed by atoms with van der Waals surface area (Å²) in [5, 5.41) is 17.1. The second-order valence-corrected chi connectivity index (χ2v) is 6.33. The Morgan fingerprint density at radius 3 is 2.56 bits per heavy atom. The van der Waals surface area contributed by atoms with Gasteiger partial charge in [-0.25, -0.2) is 19.6 Å². The first-order valence-corrected chi connectivity index (χ1v) is 8.61. The van der Waals surface area contributed by atoms with Gasteiger partial charge in [-0.1, -0.05) is 30.3 Å². The van der Waals surface area contributed by atoms with Crippen LogP contribution in [-0.4, -0.2) is 25.3 Å². The van der Waals surface area contributed by atoms with Crippen LogP contribution >= 0.6 is 11.3 Å². The predicted octanol–water partition coefficient (Wildman–Crippen LogP) is 3.25. The van der Waals surface area contributed by atoms with Crippen molar-refractivity contribution in [3.05, 3.63) is 52.5 Å². The summed E-state index contributed by atoms with van der Waals surface area (Å²) in [4.78, 5) is 13.3. The van der Waals surface area contributed by atoms with E-state index in [-0.39, 0.29) is 6.04 Å². The molecule has 0 saturated carbocycles. The Balaban J connectivity index is 1.61. The molecule has 0 aliphatic rings. The van der Waals surface area contributed by atoms with Crippen LogP contribution in [0.3, 0.4) is 0 Å². The molecule has 1 atom stereocenters. The number of thiazole rings is 1. The highest BCUT2D eigenvalue weighted by atomic mass is 32.1. The predicted molar refractivity (Wildman–Crippen MR) is 95.3 cm³/mol. The van der Waals surface area contributed by atoms with Gasteiger partial charge in [-0.05, 0) is 22.8 Å². The smallest absolute Gasteiger partial charge is 0.245 e. The molecule has 0 fully saturated rings. The minimum Gasteiger partial charge on any atom is -0.363 e. The third-order valence-electron chi connectivity index (χ3n) is 3.59. The third-order valence-corrected chi connectivity index (χ3v) is 4.55. The summed E-state index contributed by atoms with van der Waals surface area (Å²) < 4.78 is 4.72. The molecule has 0 aliphatic heterocycles. The van der Waals surface area contributed by atoms with Gasteiger partial charge in [0, 0.05) is 18.1 Å². The molecular formula is C16H15N7OS. The zero-order valence-electron chi connectivity index (χ0n) is 13.4. The van der Waals surface area contributed by atoms with Gasteiger partial charge < -0.3 is 10.6 Å². The van der Waals surface area contributed by atoms with E-state index < -0.39 is 0 Å². The third kappa shape index (κ3) is 3.41. The Morgan fingerprint density at radius 1 is 1.08 bits per heavy atom. The van der Waals surface area contributed by atoms with Gasteiger partial charge in [-0.2, -0.15) is 0 Å². The second-order valence-electron chi connectivity index (χ2n) is 5.41. The summed E-state index contributed by atoms with van der Waals surface area (Å²) in [5.74, 6) is 1.18. The van der Waals surface area contributed by atoms with Gasteiger partial charge in [0.25, 0.3) is 0 Å². The van der Waals surface area contributed by atoms with Crippen LogP contribution < -0.4 is 10.6 Å². The number of anilines is 2. The Hall–Kier alpha value is -3.07. The summed E-state index contributed by atoms with van der Waals surface area (Å²) in [6.45, 7) is 2.64. The minimum absolute atomic E-state index is 0.0103. The maximum atomic E-state index is 4.72. The van der Waals surface area contributed by atoms with E-state index in [2.05, 4.69) is 35.9 Å². The fourth-order valence-electron chi connectivity index (χ4n) is 2.36. The van der Waals surface area contributed by atoms with Gasteiger partial charge in [0.1, 0.15) is 5.01 Å². The number of rotatable bonds is 6. The SMILES string of the molecule is CC(Nc1nc2nonc2nc1NCc1ccccc1)c1nccs1. The molecule has 8 nitrogen and oxygen atoms in total. The van der Waals surface area contributed by atoms with Crippen molar-refractivity contribution in [1.82, 2.24) is 25.3 Å². The van der Waals surface area contributed by atoms with Crippen LogP contribution in [-0.2, 0) is 6.54 Å². The normalized spacial score (nSPS) is 12.2. The minimum atomic E-state index is -0.0103. The van der Waals surface area contributed by atoms with E-state index in [0.717, 1.165) is 10.6 Å². The summed E-state index contributed by atoms with van der Waals surface area (Å²) in [6, 6.07) is 10.1. The van der Waals surface area contributed by atoms with Crippen molar-refractivity contribution < 1.29 is 4.63 Å². The molecule has 126 valence electrons. The summed E-state index contributed by atoms with van der Waals surface area (Å²) in [7, 11) is 0. The lowest BCUT2D eigenvalue weighted by atomic mass is 10.2. The molecular weight excluding hydrogens is 338 g/mol. The molecule has 9 heteroatoms. The molecule has 3 heterocycles. The van der Waals surface area contributed by atoms with E-state index in [1.54, 1.807) is 17.5 Å². The van der Waals surface area contributed by atoms with Gasteiger partial charge in [0.2, 0.25) is 11.3 Å². The Labute approximate surface area is 147 Å². The molecule has 0 spiro atoms. The fourth-order valence-corrected chi connectivity index (χ4v) is 3.00. The Morgan fingerprint density at radius 2 is 1.84 bits per heavy atom. The standard InChI is InChI=1S/C16H15N7OS/c1-10(16-17-7-8-25-16)19-13-12(18-9-11-5-3-2-4-6-11)20-14-15(21-13)23-24-22-14/h2-8,10H,9H2,1H3,(H,18,20,22)(H,19,21,23). The average molecular weight is 353 g/mol. The summed E-state index contributed by atoms with van der Waals surface area (Å²) in [5.41, 5.74) is 1.86. The first kappa shape index (κ1) is 15.5. The molecule has 1 aromatic carbocycles. The van der Waals surface area contributed by atoms with Crippen molar-refractivity contribution in [1.29, 1.82) is 0 Å². The van der Waals surface area contributed by atoms with Crippen molar-refractivity contribution in [2.75, 3.05) is 10.6 Å². The number of aromatic nitrogens is 5. The molecule has 0 bridgehead atoms. The van der Waals surface area contributed by atoms with Crippen LogP contribution in [0.4, 0.5) is 11.6 Å². The Bertz CT molecular complexity index is 955. The van der Waals surface area contributed by atoms with E-state index in [1.807, 2.05) is 42.6 Å². The van der Waals surface area contributed by atoms with Gasteiger partial charge in [0.15, 0.2) is 11.6 Å². The molecule has 4 rings (SSSR count). The molecule has 0 aliphatic carbocycles. The highest BCUT2D eigenvalue weighted by Crippen LogP contribution is 2.26.